The second-order valence-electron chi connectivity index (χ2n) is 11.8. The molecule has 4 rings (SSSR count). The minimum absolute atomic E-state index is 0.158. The number of aryl methyl sites for hydroxylation is 1. The van der Waals surface area contributed by atoms with Crippen molar-refractivity contribution in [2.45, 2.75) is 123 Å². The fourth-order valence-electron chi connectivity index (χ4n) is 5.93. The maximum atomic E-state index is 13.1. The van der Waals surface area contributed by atoms with Gasteiger partial charge >= 0.3 is 5.97 Å². The first-order valence-electron chi connectivity index (χ1n) is 16.0. The molecule has 0 bridgehead atoms. The van der Waals surface area contributed by atoms with Crippen LogP contribution in [-0.2, 0) is 22.4 Å². The van der Waals surface area contributed by atoms with Gasteiger partial charge in [0.15, 0.2) is 6.10 Å². The quantitative estimate of drug-likeness (QED) is 0.144. The number of benzene rings is 2. The fourth-order valence-corrected chi connectivity index (χ4v) is 5.93. The first-order chi connectivity index (χ1) is 20.0. The normalized spacial score (nSPS) is 16.5. The molecule has 2 unspecified atom stereocenters. The van der Waals surface area contributed by atoms with Crippen LogP contribution < -0.4 is 4.74 Å². The SMILES string of the molecule is CCCCCCCCCc1ccc(C(=O)OC2C(=O)C=CC3=C2Cc2cc(OC(C)CCCCCC)ccc23)cc1. The van der Waals surface area contributed by atoms with Crippen LogP contribution in [0.3, 0.4) is 0 Å². The monoisotopic (exact) mass is 556 g/mol. The number of ether oxygens (including phenoxy) is 2. The summed E-state index contributed by atoms with van der Waals surface area (Å²) in [5, 5.41) is 0. The largest absolute Gasteiger partial charge is 0.491 e. The third-order valence-corrected chi connectivity index (χ3v) is 8.37. The molecule has 0 saturated carbocycles. The van der Waals surface area contributed by atoms with Gasteiger partial charge < -0.3 is 9.47 Å². The average Bonchev–Trinajstić information content (AvgIpc) is 3.34. The van der Waals surface area contributed by atoms with Gasteiger partial charge in [-0.15, -0.1) is 0 Å². The molecule has 2 aliphatic rings. The van der Waals surface area contributed by atoms with Crippen molar-refractivity contribution in [2.75, 3.05) is 0 Å². The van der Waals surface area contributed by atoms with Crippen LogP contribution in [0.15, 0.2) is 60.2 Å². The summed E-state index contributed by atoms with van der Waals surface area (Å²) in [4.78, 5) is 26.0. The van der Waals surface area contributed by atoms with Crippen molar-refractivity contribution in [3.8, 4) is 5.75 Å². The van der Waals surface area contributed by atoms with Crippen molar-refractivity contribution in [3.63, 3.8) is 0 Å². The number of hydrogen-bond donors (Lipinski definition) is 0. The van der Waals surface area contributed by atoms with Gasteiger partial charge in [0.2, 0.25) is 5.78 Å². The summed E-state index contributed by atoms with van der Waals surface area (Å²) in [6.07, 6.45) is 19.2. The lowest BCUT2D eigenvalue weighted by molar-refractivity contribution is -0.121. The van der Waals surface area contributed by atoms with Gasteiger partial charge in [-0.2, -0.15) is 0 Å². The molecule has 2 aliphatic carbocycles. The molecule has 0 fully saturated rings. The van der Waals surface area contributed by atoms with E-state index in [1.54, 1.807) is 6.08 Å². The maximum absolute atomic E-state index is 13.1. The molecule has 0 radical (unpaired) electrons. The summed E-state index contributed by atoms with van der Waals surface area (Å²) >= 11 is 0. The molecule has 4 nitrogen and oxygen atoms in total. The van der Waals surface area contributed by atoms with Gasteiger partial charge in [-0.25, -0.2) is 4.79 Å². The van der Waals surface area contributed by atoms with E-state index in [0.29, 0.717) is 12.0 Å². The van der Waals surface area contributed by atoms with E-state index in [2.05, 4.69) is 32.9 Å². The van der Waals surface area contributed by atoms with E-state index in [4.69, 9.17) is 9.47 Å². The van der Waals surface area contributed by atoms with Gasteiger partial charge in [-0.05, 0) is 97.2 Å². The molecule has 0 aliphatic heterocycles. The number of unbranched alkanes of at least 4 members (excludes halogenated alkanes) is 9. The highest BCUT2D eigenvalue weighted by molar-refractivity contribution is 6.06. The van der Waals surface area contributed by atoms with E-state index in [9.17, 15) is 9.59 Å². The van der Waals surface area contributed by atoms with Crippen molar-refractivity contribution in [3.05, 3.63) is 82.4 Å². The van der Waals surface area contributed by atoms with E-state index in [1.807, 2.05) is 36.4 Å². The highest BCUT2D eigenvalue weighted by Crippen LogP contribution is 2.40. The Kier molecular flexibility index (Phi) is 11.8. The third-order valence-electron chi connectivity index (χ3n) is 8.37. The summed E-state index contributed by atoms with van der Waals surface area (Å²) < 4.78 is 12.1. The highest BCUT2D eigenvalue weighted by atomic mass is 16.5. The van der Waals surface area contributed by atoms with E-state index < -0.39 is 12.1 Å². The summed E-state index contributed by atoms with van der Waals surface area (Å²) in [7, 11) is 0. The number of carbonyl (C=O) groups is 2. The van der Waals surface area contributed by atoms with Crippen LogP contribution in [0.25, 0.3) is 5.57 Å². The zero-order valence-corrected chi connectivity index (χ0v) is 25.4. The van der Waals surface area contributed by atoms with E-state index in [0.717, 1.165) is 40.9 Å². The lowest BCUT2D eigenvalue weighted by Crippen LogP contribution is -2.30. The standard InChI is InChI=1S/C37H48O4/c1-4-6-8-10-11-12-14-16-28-17-19-29(20-18-28)37(39)41-36-34-26-30-25-31(40-27(3)15-13-9-7-5-2)21-22-32(30)33(34)23-24-35(36)38/h17-25,27,36H,4-16,26H2,1-3H3. The zero-order chi connectivity index (χ0) is 29.0. The lowest BCUT2D eigenvalue weighted by atomic mass is 9.94. The van der Waals surface area contributed by atoms with Crippen LogP contribution in [0.4, 0.5) is 0 Å². The van der Waals surface area contributed by atoms with Crippen LogP contribution in [0.5, 0.6) is 5.75 Å². The topological polar surface area (TPSA) is 52.6 Å². The lowest BCUT2D eigenvalue weighted by Gasteiger charge is -2.20. The van der Waals surface area contributed by atoms with Crippen LogP contribution in [0.1, 0.15) is 125 Å². The number of hydrogen-bond acceptors (Lipinski definition) is 4. The molecule has 2 aromatic carbocycles. The number of fused-ring (bicyclic) bond motifs is 2. The number of carbonyl (C=O) groups excluding carboxylic acids is 2. The van der Waals surface area contributed by atoms with Gasteiger partial charge in [0, 0.05) is 0 Å². The van der Waals surface area contributed by atoms with Crippen molar-refractivity contribution in [1.29, 1.82) is 0 Å². The van der Waals surface area contributed by atoms with Gasteiger partial charge in [0.1, 0.15) is 5.75 Å². The van der Waals surface area contributed by atoms with E-state index >= 15 is 0 Å². The zero-order valence-electron chi connectivity index (χ0n) is 25.4. The molecule has 0 saturated heterocycles. The summed E-state index contributed by atoms with van der Waals surface area (Å²) in [6.45, 7) is 6.59. The molecule has 0 amide bonds. The van der Waals surface area contributed by atoms with Gasteiger partial charge in [-0.1, -0.05) is 95.9 Å². The van der Waals surface area contributed by atoms with E-state index in [-0.39, 0.29) is 11.9 Å². The first-order valence-corrected chi connectivity index (χ1v) is 16.0. The number of esters is 1. The van der Waals surface area contributed by atoms with Crippen LogP contribution in [-0.4, -0.2) is 24.0 Å². The first kappa shape index (κ1) is 30.8. The molecule has 0 spiro atoms. The van der Waals surface area contributed by atoms with Gasteiger partial charge in [0.25, 0.3) is 0 Å². The van der Waals surface area contributed by atoms with E-state index in [1.165, 1.54) is 76.2 Å². The van der Waals surface area contributed by atoms with Crippen LogP contribution in [0, 0.1) is 0 Å². The predicted octanol–water partition coefficient (Wildman–Crippen LogP) is 9.39. The summed E-state index contributed by atoms with van der Waals surface area (Å²) in [6, 6.07) is 13.8. The molecule has 2 aromatic rings. The molecule has 2 atom stereocenters. The Balaban J connectivity index is 1.31. The Morgan fingerprint density at radius 1 is 0.854 bits per heavy atom. The number of ketones is 1. The molecule has 220 valence electrons. The Labute approximate surface area is 247 Å². The minimum atomic E-state index is -0.885. The highest BCUT2D eigenvalue weighted by Gasteiger charge is 2.35. The Bertz CT molecular complexity index is 1220. The summed E-state index contributed by atoms with van der Waals surface area (Å²) in [5.41, 5.74) is 5.76. The fraction of sp³-hybridized carbons (Fsp3) is 0.514. The van der Waals surface area contributed by atoms with Crippen molar-refractivity contribution in [1.82, 2.24) is 0 Å². The van der Waals surface area contributed by atoms with Gasteiger partial charge in [-0.3, -0.25) is 4.79 Å². The predicted molar refractivity (Wildman–Crippen MR) is 167 cm³/mol. The molecular weight excluding hydrogens is 508 g/mol. The smallest absolute Gasteiger partial charge is 0.339 e. The average molecular weight is 557 g/mol. The molecule has 0 heterocycles. The molecule has 4 heteroatoms. The second-order valence-corrected chi connectivity index (χ2v) is 11.8. The molecule has 41 heavy (non-hydrogen) atoms. The van der Waals surface area contributed by atoms with Crippen LogP contribution >= 0.6 is 0 Å². The Morgan fingerprint density at radius 2 is 1.54 bits per heavy atom. The van der Waals surface area contributed by atoms with Gasteiger partial charge in [0.05, 0.1) is 11.7 Å². The number of rotatable bonds is 17. The molecular formula is C37H48O4. The second kappa shape index (κ2) is 15.7. The third kappa shape index (κ3) is 8.67. The van der Waals surface area contributed by atoms with Crippen molar-refractivity contribution < 1.29 is 19.1 Å². The Morgan fingerprint density at radius 3 is 2.27 bits per heavy atom. The maximum Gasteiger partial charge on any atom is 0.339 e. The summed E-state index contributed by atoms with van der Waals surface area (Å²) in [5.74, 6) is 0.217. The Hall–Kier alpha value is -3.14. The molecule has 0 aromatic heterocycles. The number of allylic oxidation sites excluding steroid dienone is 2. The van der Waals surface area contributed by atoms with Crippen LogP contribution in [0.2, 0.25) is 0 Å². The van der Waals surface area contributed by atoms with Crippen molar-refractivity contribution >= 4 is 17.3 Å². The van der Waals surface area contributed by atoms with Crippen molar-refractivity contribution in [2.24, 2.45) is 0 Å². The minimum Gasteiger partial charge on any atom is -0.491 e. The molecule has 0 N–H and O–H groups in total.